The van der Waals surface area contributed by atoms with Gasteiger partial charge in [-0.3, -0.25) is 4.79 Å². The van der Waals surface area contributed by atoms with E-state index in [9.17, 15) is 9.59 Å². The first kappa shape index (κ1) is 11.7. The lowest BCUT2D eigenvalue weighted by atomic mass is 10.2. The highest BCUT2D eigenvalue weighted by Crippen LogP contribution is 2.14. The number of rotatable bonds is 3. The molecule has 0 radical (unpaired) electrons. The Morgan fingerprint density at radius 1 is 1.22 bits per heavy atom. The second-order valence-electron chi connectivity index (χ2n) is 3.54. The highest BCUT2D eigenvalue weighted by molar-refractivity contribution is 6.03. The topological polar surface area (TPSA) is 106 Å². The summed E-state index contributed by atoms with van der Waals surface area (Å²) in [6, 6.07) is 8.80. The zero-order valence-electron chi connectivity index (χ0n) is 9.21. The van der Waals surface area contributed by atoms with E-state index in [2.05, 4.69) is 5.32 Å². The summed E-state index contributed by atoms with van der Waals surface area (Å²) < 4.78 is 4.94. The van der Waals surface area contributed by atoms with Gasteiger partial charge in [0.1, 0.15) is 0 Å². The van der Waals surface area contributed by atoms with Crippen LogP contribution in [0.25, 0.3) is 0 Å². The number of nitrogen functional groups attached to an aromatic ring is 1. The van der Waals surface area contributed by atoms with Crippen LogP contribution in [0.15, 0.2) is 40.8 Å². The smallest absolute Gasteiger partial charge is 0.335 e. The molecule has 0 bridgehead atoms. The van der Waals surface area contributed by atoms with Crippen molar-refractivity contribution >= 4 is 23.4 Å². The van der Waals surface area contributed by atoms with Gasteiger partial charge in [0.05, 0.1) is 5.56 Å². The van der Waals surface area contributed by atoms with E-state index < -0.39 is 11.9 Å². The number of furan rings is 1. The number of carboxylic acids is 1. The number of nitrogens with one attached hydrogen (secondary N) is 1. The van der Waals surface area contributed by atoms with E-state index in [0.29, 0.717) is 5.69 Å². The normalized spacial score (nSPS) is 10.0. The number of hydrogen-bond acceptors (Lipinski definition) is 4. The molecular formula is C12H10N2O4. The number of carboxylic acid groups (broad SMARTS) is 1. The predicted molar refractivity (Wildman–Crippen MR) is 64.5 cm³/mol. The van der Waals surface area contributed by atoms with Crippen molar-refractivity contribution in [1.29, 1.82) is 0 Å². The Balaban J connectivity index is 2.16. The van der Waals surface area contributed by atoms with Crippen LogP contribution in [0, 0.1) is 0 Å². The van der Waals surface area contributed by atoms with Crippen LogP contribution in [-0.2, 0) is 0 Å². The molecule has 0 aliphatic rings. The lowest BCUT2D eigenvalue weighted by Crippen LogP contribution is -2.11. The Hall–Kier alpha value is -2.76. The second-order valence-corrected chi connectivity index (χ2v) is 3.54. The van der Waals surface area contributed by atoms with Crippen molar-refractivity contribution in [3.05, 3.63) is 47.7 Å². The van der Waals surface area contributed by atoms with Crippen molar-refractivity contribution in [2.75, 3.05) is 11.1 Å². The maximum atomic E-state index is 11.7. The van der Waals surface area contributed by atoms with Gasteiger partial charge in [-0.1, -0.05) is 6.07 Å². The molecule has 1 aromatic heterocycles. The van der Waals surface area contributed by atoms with Crippen molar-refractivity contribution in [3.63, 3.8) is 0 Å². The number of hydrogen-bond donors (Lipinski definition) is 3. The lowest BCUT2D eigenvalue weighted by Gasteiger charge is -2.03. The van der Waals surface area contributed by atoms with E-state index in [0.717, 1.165) is 0 Å². The van der Waals surface area contributed by atoms with Crippen molar-refractivity contribution in [1.82, 2.24) is 0 Å². The summed E-state index contributed by atoms with van der Waals surface area (Å²) in [6.07, 6.45) is 0. The number of nitrogens with two attached hydrogens (primary N) is 1. The minimum atomic E-state index is -1.06. The van der Waals surface area contributed by atoms with E-state index in [4.69, 9.17) is 15.3 Å². The summed E-state index contributed by atoms with van der Waals surface area (Å²) in [5.74, 6) is -1.35. The third-order valence-electron chi connectivity index (χ3n) is 2.22. The van der Waals surface area contributed by atoms with E-state index in [1.807, 2.05) is 0 Å². The molecule has 6 heteroatoms. The number of carbonyl (C=O) groups is 2. The fraction of sp³-hybridized carbons (Fsp3) is 0. The van der Waals surface area contributed by atoms with Gasteiger partial charge in [-0.15, -0.1) is 0 Å². The molecule has 0 fully saturated rings. The van der Waals surface area contributed by atoms with Crippen molar-refractivity contribution < 1.29 is 19.1 Å². The molecule has 4 N–H and O–H groups in total. The van der Waals surface area contributed by atoms with E-state index in [-0.39, 0.29) is 17.2 Å². The molecule has 0 atom stereocenters. The number of anilines is 2. The van der Waals surface area contributed by atoms with Gasteiger partial charge in [-0.25, -0.2) is 4.79 Å². The molecule has 92 valence electrons. The first-order valence-electron chi connectivity index (χ1n) is 5.06. The molecule has 1 heterocycles. The fourth-order valence-electron chi connectivity index (χ4n) is 1.40. The number of aromatic carboxylic acids is 1. The molecule has 0 aliphatic heterocycles. The second kappa shape index (κ2) is 4.62. The molecule has 1 amide bonds. The van der Waals surface area contributed by atoms with Crippen molar-refractivity contribution in [2.45, 2.75) is 0 Å². The standard InChI is InChI=1S/C12H10N2O4/c13-10-5-4-9(18-10)11(15)14-8-3-1-2-7(6-8)12(16)17/h1-6H,13H2,(H,14,15)(H,16,17). The summed E-state index contributed by atoms with van der Waals surface area (Å²) in [6.45, 7) is 0. The van der Waals surface area contributed by atoms with Gasteiger partial charge in [0, 0.05) is 11.8 Å². The molecule has 1 aromatic carbocycles. The number of benzene rings is 1. The molecule has 2 rings (SSSR count). The summed E-state index contributed by atoms with van der Waals surface area (Å²) in [5.41, 5.74) is 5.81. The third kappa shape index (κ3) is 2.49. The third-order valence-corrected chi connectivity index (χ3v) is 2.22. The van der Waals surface area contributed by atoms with Gasteiger partial charge in [-0.05, 0) is 24.3 Å². The fourth-order valence-corrected chi connectivity index (χ4v) is 1.40. The molecule has 0 unspecified atom stereocenters. The Morgan fingerprint density at radius 2 is 2.00 bits per heavy atom. The number of amides is 1. The van der Waals surface area contributed by atoms with Gasteiger partial charge >= 0.3 is 5.97 Å². The SMILES string of the molecule is Nc1ccc(C(=O)Nc2cccc(C(=O)O)c2)o1. The molecule has 18 heavy (non-hydrogen) atoms. The largest absolute Gasteiger partial charge is 0.478 e. The van der Waals surface area contributed by atoms with E-state index >= 15 is 0 Å². The van der Waals surface area contributed by atoms with Crippen LogP contribution >= 0.6 is 0 Å². The molecule has 2 aromatic rings. The molecular weight excluding hydrogens is 236 g/mol. The molecule has 0 spiro atoms. The first-order valence-corrected chi connectivity index (χ1v) is 5.06. The van der Waals surface area contributed by atoms with Crippen LogP contribution in [-0.4, -0.2) is 17.0 Å². The average Bonchev–Trinajstić information content (AvgIpc) is 2.76. The minimum absolute atomic E-state index is 0.0632. The Bertz CT molecular complexity index is 604. The Kier molecular flexibility index (Phi) is 3.01. The monoisotopic (exact) mass is 246 g/mol. The molecule has 0 saturated carbocycles. The quantitative estimate of drug-likeness (QED) is 0.765. The number of carbonyl (C=O) groups excluding carboxylic acids is 1. The van der Waals surface area contributed by atoms with Gasteiger partial charge in [0.2, 0.25) is 0 Å². The van der Waals surface area contributed by atoms with Crippen LogP contribution in [0.5, 0.6) is 0 Å². The maximum absolute atomic E-state index is 11.7. The maximum Gasteiger partial charge on any atom is 0.335 e. The summed E-state index contributed by atoms with van der Waals surface area (Å²) in [5, 5.41) is 11.3. The first-order chi connectivity index (χ1) is 8.56. The average molecular weight is 246 g/mol. The Morgan fingerprint density at radius 3 is 2.61 bits per heavy atom. The summed E-state index contributed by atoms with van der Waals surface area (Å²) >= 11 is 0. The van der Waals surface area contributed by atoms with Gasteiger partial charge in [0.25, 0.3) is 5.91 Å². The molecule has 0 aliphatic carbocycles. The summed E-state index contributed by atoms with van der Waals surface area (Å²) in [7, 11) is 0. The van der Waals surface area contributed by atoms with Crippen LogP contribution < -0.4 is 11.1 Å². The van der Waals surface area contributed by atoms with Crippen LogP contribution in [0.1, 0.15) is 20.9 Å². The van der Waals surface area contributed by atoms with E-state index in [1.165, 1.54) is 30.3 Å². The minimum Gasteiger partial charge on any atom is -0.478 e. The van der Waals surface area contributed by atoms with Gasteiger partial charge in [0.15, 0.2) is 11.6 Å². The highest BCUT2D eigenvalue weighted by Gasteiger charge is 2.11. The predicted octanol–water partition coefficient (Wildman–Crippen LogP) is 1.81. The molecule has 0 saturated heterocycles. The van der Waals surface area contributed by atoms with Crippen LogP contribution in [0.3, 0.4) is 0 Å². The zero-order chi connectivity index (χ0) is 13.1. The van der Waals surface area contributed by atoms with Crippen LogP contribution in [0.4, 0.5) is 11.6 Å². The van der Waals surface area contributed by atoms with Crippen LogP contribution in [0.2, 0.25) is 0 Å². The van der Waals surface area contributed by atoms with Gasteiger partial charge < -0.3 is 20.6 Å². The van der Waals surface area contributed by atoms with E-state index in [1.54, 1.807) is 6.07 Å². The van der Waals surface area contributed by atoms with Crippen molar-refractivity contribution in [2.24, 2.45) is 0 Å². The van der Waals surface area contributed by atoms with Crippen molar-refractivity contribution in [3.8, 4) is 0 Å². The van der Waals surface area contributed by atoms with Gasteiger partial charge in [-0.2, -0.15) is 0 Å². The Labute approximate surface area is 102 Å². The summed E-state index contributed by atoms with van der Waals surface area (Å²) in [4.78, 5) is 22.5. The lowest BCUT2D eigenvalue weighted by molar-refractivity contribution is 0.0696. The highest BCUT2D eigenvalue weighted by atomic mass is 16.4. The zero-order valence-corrected chi connectivity index (χ0v) is 9.21. The molecule has 6 nitrogen and oxygen atoms in total.